The molecule has 1 aliphatic heterocycles. The van der Waals surface area contributed by atoms with Gasteiger partial charge in [0.05, 0.1) is 34.7 Å². The average Bonchev–Trinajstić information content (AvgIpc) is 2.76. The molecular weight excluding hydrogens is 477 g/mol. The number of aliphatic hydroxyl groups is 1. The molecule has 0 spiro atoms. The first-order valence-corrected chi connectivity index (χ1v) is 10.2. The predicted octanol–water partition coefficient (Wildman–Crippen LogP) is 2.28. The van der Waals surface area contributed by atoms with Crippen molar-refractivity contribution in [2.24, 2.45) is 0 Å². The fraction of sp³-hybridized carbons (Fsp3) is 0.286. The van der Waals surface area contributed by atoms with E-state index < -0.39 is 47.1 Å². The Morgan fingerprint density at radius 3 is 2.59 bits per heavy atom. The molecule has 0 saturated carbocycles. The van der Waals surface area contributed by atoms with Crippen LogP contribution in [0, 0.1) is 17.1 Å². The van der Waals surface area contributed by atoms with Crippen molar-refractivity contribution in [2.75, 3.05) is 18.0 Å². The number of β-amino-alcohol motifs (C(OH)–C–C–N with tert-alkyl or cyclic N) is 1. The standard InChI is InChI=1S/C21H16ClF3N6O3/c1-21(34)9-29(10-21)18-16(11-2-3-13(23)12(22)6-11)19(32)31(20(33)30(18)5-4-26)15-8-27-7-14(28-15)17(24)25/h2-3,6-8,17,34H,5,9-10H2,1H3. The van der Waals surface area contributed by atoms with Crippen LogP contribution in [0.2, 0.25) is 5.02 Å². The summed E-state index contributed by atoms with van der Waals surface area (Å²) in [5, 5.41) is 19.3. The number of hydrogen-bond acceptors (Lipinski definition) is 7. The Bertz CT molecular complexity index is 1440. The van der Waals surface area contributed by atoms with Gasteiger partial charge in [0.25, 0.3) is 12.0 Å². The maximum atomic E-state index is 13.8. The quantitative estimate of drug-likeness (QED) is 0.580. The molecule has 9 nitrogen and oxygen atoms in total. The van der Waals surface area contributed by atoms with Crippen LogP contribution in [0.15, 0.2) is 40.2 Å². The Hall–Kier alpha value is -3.69. The van der Waals surface area contributed by atoms with Gasteiger partial charge in [-0.25, -0.2) is 27.5 Å². The molecule has 1 aromatic carbocycles. The molecule has 0 bridgehead atoms. The maximum Gasteiger partial charge on any atom is 0.339 e. The van der Waals surface area contributed by atoms with Crippen molar-refractivity contribution >= 4 is 17.4 Å². The third-order valence-corrected chi connectivity index (χ3v) is 5.50. The van der Waals surface area contributed by atoms with Crippen molar-refractivity contribution in [3.8, 4) is 23.0 Å². The van der Waals surface area contributed by atoms with Crippen LogP contribution >= 0.6 is 11.6 Å². The minimum Gasteiger partial charge on any atom is -0.386 e. The molecule has 0 unspecified atom stereocenters. The molecule has 4 rings (SSSR count). The van der Waals surface area contributed by atoms with Gasteiger partial charge < -0.3 is 10.0 Å². The number of hydrogen-bond donors (Lipinski definition) is 1. The van der Waals surface area contributed by atoms with Crippen molar-refractivity contribution in [1.29, 1.82) is 5.26 Å². The highest BCUT2D eigenvalue weighted by Gasteiger charge is 2.40. The summed E-state index contributed by atoms with van der Waals surface area (Å²) in [6.45, 7) is 1.10. The van der Waals surface area contributed by atoms with E-state index in [-0.39, 0.29) is 35.1 Å². The summed E-state index contributed by atoms with van der Waals surface area (Å²) < 4.78 is 41.7. The molecule has 1 fully saturated rings. The van der Waals surface area contributed by atoms with Crippen LogP contribution in [-0.2, 0) is 6.54 Å². The first-order chi connectivity index (χ1) is 16.0. The van der Waals surface area contributed by atoms with Crippen molar-refractivity contribution < 1.29 is 18.3 Å². The molecule has 0 atom stereocenters. The summed E-state index contributed by atoms with van der Waals surface area (Å²) in [7, 11) is 0. The predicted molar refractivity (Wildman–Crippen MR) is 116 cm³/mol. The van der Waals surface area contributed by atoms with Gasteiger partial charge in [0.2, 0.25) is 0 Å². The smallest absolute Gasteiger partial charge is 0.339 e. The maximum absolute atomic E-state index is 13.8. The normalized spacial score (nSPS) is 14.7. The van der Waals surface area contributed by atoms with Crippen LogP contribution in [-0.4, -0.2) is 42.9 Å². The molecule has 1 aliphatic rings. The lowest BCUT2D eigenvalue weighted by molar-refractivity contribution is 0.0301. The largest absolute Gasteiger partial charge is 0.386 e. The Labute approximate surface area is 194 Å². The van der Waals surface area contributed by atoms with E-state index in [4.69, 9.17) is 11.6 Å². The third kappa shape index (κ3) is 4.04. The summed E-state index contributed by atoms with van der Waals surface area (Å²) in [6.07, 6.45) is -1.26. The highest BCUT2D eigenvalue weighted by molar-refractivity contribution is 6.31. The summed E-state index contributed by atoms with van der Waals surface area (Å²) in [4.78, 5) is 35.8. The molecule has 2 aromatic heterocycles. The molecule has 0 amide bonds. The van der Waals surface area contributed by atoms with E-state index in [1.54, 1.807) is 6.92 Å². The van der Waals surface area contributed by atoms with Crippen molar-refractivity contribution in [3.63, 3.8) is 0 Å². The molecule has 34 heavy (non-hydrogen) atoms. The van der Waals surface area contributed by atoms with Gasteiger partial charge in [-0.2, -0.15) is 5.26 Å². The molecule has 0 radical (unpaired) electrons. The van der Waals surface area contributed by atoms with E-state index >= 15 is 0 Å². The van der Waals surface area contributed by atoms with Gasteiger partial charge in [-0.15, -0.1) is 0 Å². The number of halogens is 4. The molecule has 0 aliphatic carbocycles. The molecule has 1 N–H and O–H groups in total. The topological polar surface area (TPSA) is 117 Å². The SMILES string of the molecule is CC1(O)CN(c2c(-c3ccc(F)c(Cl)c3)c(=O)n(-c3cncc(C(F)F)n3)c(=O)n2CC#N)C1. The molecular formula is C21H16ClF3N6O3. The summed E-state index contributed by atoms with van der Waals surface area (Å²) in [6, 6.07) is 5.28. The van der Waals surface area contributed by atoms with E-state index in [1.807, 2.05) is 6.07 Å². The zero-order valence-corrected chi connectivity index (χ0v) is 18.3. The molecule has 176 valence electrons. The zero-order valence-electron chi connectivity index (χ0n) is 17.5. The van der Waals surface area contributed by atoms with Crippen LogP contribution in [0.25, 0.3) is 16.9 Å². The Balaban J connectivity index is 2.09. The lowest BCUT2D eigenvalue weighted by atomic mass is 9.95. The molecule has 13 heteroatoms. The Kier molecular flexibility index (Phi) is 5.93. The van der Waals surface area contributed by atoms with Crippen LogP contribution in [0.3, 0.4) is 0 Å². The number of nitrogens with zero attached hydrogens (tertiary/aromatic N) is 6. The second-order valence-electron chi connectivity index (χ2n) is 7.95. The van der Waals surface area contributed by atoms with Gasteiger partial charge in [-0.05, 0) is 24.6 Å². The lowest BCUT2D eigenvalue weighted by Crippen LogP contribution is -2.62. The zero-order chi connectivity index (χ0) is 24.8. The third-order valence-electron chi connectivity index (χ3n) is 5.21. The van der Waals surface area contributed by atoms with Crippen molar-refractivity contribution in [3.05, 3.63) is 68.0 Å². The summed E-state index contributed by atoms with van der Waals surface area (Å²) >= 11 is 5.92. The second-order valence-corrected chi connectivity index (χ2v) is 8.36. The summed E-state index contributed by atoms with van der Waals surface area (Å²) in [5.74, 6) is -1.23. The minimum atomic E-state index is -3.01. The van der Waals surface area contributed by atoms with E-state index in [2.05, 4.69) is 9.97 Å². The molecule has 1 saturated heterocycles. The van der Waals surface area contributed by atoms with E-state index in [9.17, 15) is 33.1 Å². The van der Waals surface area contributed by atoms with Crippen LogP contribution < -0.4 is 16.1 Å². The van der Waals surface area contributed by atoms with E-state index in [0.717, 1.165) is 23.0 Å². The van der Waals surface area contributed by atoms with Crippen molar-refractivity contribution in [1.82, 2.24) is 19.1 Å². The number of benzene rings is 1. The summed E-state index contributed by atoms with van der Waals surface area (Å²) in [5.41, 5.74) is -3.91. The fourth-order valence-corrected chi connectivity index (χ4v) is 3.98. The number of rotatable bonds is 5. The molecule has 3 heterocycles. The van der Waals surface area contributed by atoms with Gasteiger partial charge in [0.1, 0.15) is 23.9 Å². The highest BCUT2D eigenvalue weighted by atomic mass is 35.5. The van der Waals surface area contributed by atoms with Gasteiger partial charge in [-0.1, -0.05) is 17.7 Å². The first kappa shape index (κ1) is 23.5. The number of aromatic nitrogens is 4. The minimum absolute atomic E-state index is 0.0000248. The lowest BCUT2D eigenvalue weighted by Gasteiger charge is -2.46. The Morgan fingerprint density at radius 2 is 2.00 bits per heavy atom. The average molecular weight is 493 g/mol. The monoisotopic (exact) mass is 492 g/mol. The Morgan fingerprint density at radius 1 is 1.29 bits per heavy atom. The first-order valence-electron chi connectivity index (χ1n) is 9.84. The van der Waals surface area contributed by atoms with Gasteiger partial charge in [0, 0.05) is 13.1 Å². The number of alkyl halides is 2. The molecule has 3 aromatic rings. The van der Waals surface area contributed by atoms with E-state index in [1.165, 1.54) is 17.0 Å². The number of anilines is 1. The van der Waals surface area contributed by atoms with Gasteiger partial charge >= 0.3 is 5.69 Å². The second kappa shape index (κ2) is 8.58. The van der Waals surface area contributed by atoms with E-state index in [0.29, 0.717) is 4.57 Å². The fourth-order valence-electron chi connectivity index (χ4n) is 3.80. The van der Waals surface area contributed by atoms with Crippen LogP contribution in [0.5, 0.6) is 0 Å². The van der Waals surface area contributed by atoms with Crippen LogP contribution in [0.4, 0.5) is 19.0 Å². The van der Waals surface area contributed by atoms with Gasteiger partial charge in [0.15, 0.2) is 5.82 Å². The van der Waals surface area contributed by atoms with Gasteiger partial charge in [-0.3, -0.25) is 14.3 Å². The van der Waals surface area contributed by atoms with Crippen LogP contribution in [0.1, 0.15) is 19.0 Å². The number of nitriles is 1. The van der Waals surface area contributed by atoms with Crippen molar-refractivity contribution in [2.45, 2.75) is 25.5 Å². The highest BCUT2D eigenvalue weighted by Crippen LogP contribution is 2.35.